The number of ether oxygens (including phenoxy) is 3. The number of hydrogen-bond donors (Lipinski definition) is 1. The first-order valence-corrected chi connectivity index (χ1v) is 9.39. The zero-order valence-corrected chi connectivity index (χ0v) is 17.1. The lowest BCUT2D eigenvalue weighted by Gasteiger charge is -2.40. The molecule has 1 amide bonds. The Morgan fingerprint density at radius 1 is 1.29 bits per heavy atom. The van der Waals surface area contributed by atoms with Crippen LogP contribution in [0.25, 0.3) is 11.1 Å². The van der Waals surface area contributed by atoms with Gasteiger partial charge in [0.25, 0.3) is 0 Å². The Bertz CT molecular complexity index is 845. The molecule has 150 valence electrons. The Morgan fingerprint density at radius 2 is 2.07 bits per heavy atom. The van der Waals surface area contributed by atoms with E-state index in [-0.39, 0.29) is 17.4 Å². The highest BCUT2D eigenvalue weighted by Gasteiger charge is 2.38. The first-order valence-electron chi connectivity index (χ1n) is 9.39. The zero-order chi connectivity index (χ0) is 20.3. The first kappa shape index (κ1) is 20.1. The number of pyridine rings is 1. The van der Waals surface area contributed by atoms with Crippen molar-refractivity contribution in [3.63, 3.8) is 0 Å². The number of nitrogens with zero attached hydrogens (tertiary/aromatic N) is 1. The van der Waals surface area contributed by atoms with E-state index in [1.165, 1.54) is 12.7 Å². The topological polar surface area (TPSA) is 69.7 Å². The molecule has 2 aromatic rings. The fourth-order valence-corrected chi connectivity index (χ4v) is 3.83. The second-order valence-corrected chi connectivity index (χ2v) is 8.06. The molecule has 1 N–H and O–H groups in total. The molecule has 0 saturated carbocycles. The van der Waals surface area contributed by atoms with Crippen molar-refractivity contribution in [3.8, 4) is 17.0 Å². The fourth-order valence-electron chi connectivity index (χ4n) is 3.83. The van der Waals surface area contributed by atoms with Crippen LogP contribution in [0.4, 0.5) is 4.79 Å². The van der Waals surface area contributed by atoms with Gasteiger partial charge in [-0.2, -0.15) is 0 Å². The fraction of sp³-hybridized carbons (Fsp3) is 0.455. The summed E-state index contributed by atoms with van der Waals surface area (Å²) in [6.07, 6.45) is 1.31. The molecular weight excluding hydrogens is 356 g/mol. The van der Waals surface area contributed by atoms with E-state index in [4.69, 9.17) is 14.2 Å². The molecule has 2 unspecified atom stereocenters. The van der Waals surface area contributed by atoms with Crippen LogP contribution in [0, 0.1) is 5.41 Å². The number of rotatable bonds is 4. The number of hydrogen-bond acceptors (Lipinski definition) is 5. The van der Waals surface area contributed by atoms with Crippen LogP contribution in [0.2, 0.25) is 0 Å². The highest BCUT2D eigenvalue weighted by Crippen LogP contribution is 2.40. The molecule has 0 radical (unpaired) electrons. The zero-order valence-electron chi connectivity index (χ0n) is 17.1. The van der Waals surface area contributed by atoms with E-state index >= 15 is 0 Å². The van der Waals surface area contributed by atoms with Gasteiger partial charge in [-0.1, -0.05) is 39.0 Å². The van der Waals surface area contributed by atoms with Crippen molar-refractivity contribution in [1.82, 2.24) is 10.3 Å². The van der Waals surface area contributed by atoms with Crippen molar-refractivity contribution in [1.29, 1.82) is 0 Å². The van der Waals surface area contributed by atoms with E-state index in [2.05, 4.69) is 49.3 Å². The van der Waals surface area contributed by atoms with Crippen molar-refractivity contribution in [2.24, 2.45) is 5.41 Å². The van der Waals surface area contributed by atoms with Crippen LogP contribution in [0.3, 0.4) is 0 Å². The Hall–Kier alpha value is -2.60. The molecule has 2 heterocycles. The van der Waals surface area contributed by atoms with Crippen LogP contribution in [-0.2, 0) is 16.1 Å². The quantitative estimate of drug-likeness (QED) is 0.858. The highest BCUT2D eigenvalue weighted by molar-refractivity contribution is 5.71. The Labute approximate surface area is 166 Å². The van der Waals surface area contributed by atoms with Gasteiger partial charge < -0.3 is 19.5 Å². The minimum Gasteiger partial charge on any atom is -0.481 e. The number of nitrogens with one attached hydrogen (secondary N) is 1. The van der Waals surface area contributed by atoms with E-state index < -0.39 is 6.09 Å². The Kier molecular flexibility index (Phi) is 5.89. The standard InChI is InChI=1S/C22H28N2O4/c1-22(2,3)20(24-21(25)27-5)18-13-28-12-17-15(7-6-8-16(17)18)14-9-10-23-19(11-14)26-4/h6-11,18,20H,12-13H2,1-5H3,(H,24,25). The Balaban J connectivity index is 2.05. The SMILES string of the molecule is COC(=O)NC(C1COCc2c(-c3ccnc(OC)c3)cccc21)C(C)(C)C. The second kappa shape index (κ2) is 8.19. The number of amides is 1. The summed E-state index contributed by atoms with van der Waals surface area (Å²) in [5, 5.41) is 3.02. The summed E-state index contributed by atoms with van der Waals surface area (Å²) in [7, 11) is 2.99. The molecule has 0 saturated heterocycles. The minimum atomic E-state index is -0.429. The van der Waals surface area contributed by atoms with E-state index in [0.29, 0.717) is 19.1 Å². The molecule has 1 aliphatic rings. The smallest absolute Gasteiger partial charge is 0.407 e. The molecular formula is C22H28N2O4. The van der Waals surface area contributed by atoms with Gasteiger partial charge in [0.2, 0.25) is 5.88 Å². The van der Waals surface area contributed by atoms with Gasteiger partial charge in [-0.3, -0.25) is 0 Å². The molecule has 1 aromatic carbocycles. The molecule has 28 heavy (non-hydrogen) atoms. The van der Waals surface area contributed by atoms with Gasteiger partial charge in [-0.25, -0.2) is 9.78 Å². The lowest BCUT2D eigenvalue weighted by atomic mass is 9.74. The van der Waals surface area contributed by atoms with Crippen LogP contribution in [0.15, 0.2) is 36.5 Å². The van der Waals surface area contributed by atoms with Gasteiger partial charge in [0, 0.05) is 24.2 Å². The van der Waals surface area contributed by atoms with Crippen molar-refractivity contribution < 1.29 is 19.0 Å². The van der Waals surface area contributed by atoms with E-state index in [1.807, 2.05) is 12.1 Å². The summed E-state index contributed by atoms with van der Waals surface area (Å²) in [5.41, 5.74) is 4.27. The number of fused-ring (bicyclic) bond motifs is 1. The van der Waals surface area contributed by atoms with E-state index in [9.17, 15) is 4.79 Å². The van der Waals surface area contributed by atoms with Crippen molar-refractivity contribution in [2.75, 3.05) is 20.8 Å². The van der Waals surface area contributed by atoms with Gasteiger partial charge in [0.05, 0.1) is 27.4 Å². The van der Waals surface area contributed by atoms with Crippen molar-refractivity contribution in [3.05, 3.63) is 47.7 Å². The van der Waals surface area contributed by atoms with Crippen LogP contribution in [-0.4, -0.2) is 37.9 Å². The molecule has 3 rings (SSSR count). The lowest BCUT2D eigenvalue weighted by molar-refractivity contribution is 0.0615. The van der Waals surface area contributed by atoms with Crippen molar-refractivity contribution in [2.45, 2.75) is 39.3 Å². The number of alkyl carbamates (subject to hydrolysis) is 1. The van der Waals surface area contributed by atoms with Gasteiger partial charge in [-0.05, 0) is 33.7 Å². The van der Waals surface area contributed by atoms with Crippen LogP contribution < -0.4 is 10.1 Å². The van der Waals surface area contributed by atoms with Crippen LogP contribution in [0.5, 0.6) is 5.88 Å². The van der Waals surface area contributed by atoms with Crippen LogP contribution >= 0.6 is 0 Å². The lowest BCUT2D eigenvalue weighted by Crippen LogP contribution is -2.49. The largest absolute Gasteiger partial charge is 0.481 e. The number of benzene rings is 1. The summed E-state index contributed by atoms with van der Waals surface area (Å²) < 4.78 is 16.1. The summed E-state index contributed by atoms with van der Waals surface area (Å²) in [4.78, 5) is 16.2. The second-order valence-electron chi connectivity index (χ2n) is 8.06. The molecule has 0 fully saturated rings. The third-order valence-corrected chi connectivity index (χ3v) is 5.20. The monoisotopic (exact) mass is 384 g/mol. The predicted octanol–water partition coefficient (Wildman–Crippen LogP) is 4.14. The number of methoxy groups -OCH3 is 2. The molecule has 0 bridgehead atoms. The third kappa shape index (κ3) is 4.12. The normalized spacial score (nSPS) is 17.4. The first-order chi connectivity index (χ1) is 13.3. The Morgan fingerprint density at radius 3 is 2.75 bits per heavy atom. The number of carbonyl (C=O) groups excluding carboxylic acids is 1. The minimum absolute atomic E-state index is 0.0199. The molecule has 0 spiro atoms. The predicted molar refractivity (Wildman–Crippen MR) is 107 cm³/mol. The maximum absolute atomic E-state index is 12.0. The summed E-state index contributed by atoms with van der Waals surface area (Å²) in [5.74, 6) is 0.592. The maximum atomic E-state index is 12.0. The molecule has 2 atom stereocenters. The van der Waals surface area contributed by atoms with Gasteiger partial charge in [0.1, 0.15) is 0 Å². The van der Waals surface area contributed by atoms with E-state index in [0.717, 1.165) is 16.7 Å². The summed E-state index contributed by atoms with van der Waals surface area (Å²) in [6, 6.07) is 10.0. The third-order valence-electron chi connectivity index (χ3n) is 5.20. The molecule has 1 aliphatic heterocycles. The molecule has 6 nitrogen and oxygen atoms in total. The molecule has 1 aromatic heterocycles. The average Bonchev–Trinajstić information content (AvgIpc) is 2.70. The number of carbonyl (C=O) groups is 1. The maximum Gasteiger partial charge on any atom is 0.407 e. The van der Waals surface area contributed by atoms with Gasteiger partial charge >= 0.3 is 6.09 Å². The summed E-state index contributed by atoms with van der Waals surface area (Å²) >= 11 is 0. The van der Waals surface area contributed by atoms with Gasteiger partial charge in [-0.15, -0.1) is 0 Å². The number of aromatic nitrogens is 1. The highest BCUT2D eigenvalue weighted by atomic mass is 16.5. The van der Waals surface area contributed by atoms with E-state index in [1.54, 1.807) is 13.3 Å². The van der Waals surface area contributed by atoms with Crippen molar-refractivity contribution >= 4 is 6.09 Å². The molecule has 0 aliphatic carbocycles. The molecule has 6 heteroatoms. The van der Waals surface area contributed by atoms with Crippen LogP contribution in [0.1, 0.15) is 37.8 Å². The average molecular weight is 384 g/mol. The van der Waals surface area contributed by atoms with Gasteiger partial charge in [0.15, 0.2) is 0 Å². The summed E-state index contributed by atoms with van der Waals surface area (Å²) in [6.45, 7) is 7.40.